The van der Waals surface area contributed by atoms with Gasteiger partial charge in [0.15, 0.2) is 0 Å². The fourth-order valence-electron chi connectivity index (χ4n) is 4.69. The van der Waals surface area contributed by atoms with Crippen molar-refractivity contribution >= 4 is 34.0 Å². The minimum Gasteiger partial charge on any atom is -0.371 e. The van der Waals surface area contributed by atoms with Crippen LogP contribution in [0.5, 0.6) is 0 Å². The van der Waals surface area contributed by atoms with Gasteiger partial charge in [0.1, 0.15) is 5.82 Å². The third-order valence-corrected chi connectivity index (χ3v) is 6.26. The first-order valence-electron chi connectivity index (χ1n) is 11.0. The number of benzene rings is 2. The lowest BCUT2D eigenvalue weighted by molar-refractivity contribution is 0.102. The highest BCUT2D eigenvalue weighted by molar-refractivity contribution is 6.09. The molecule has 2 aromatic carbocycles. The number of nitrogens with one attached hydrogen (secondary N) is 1. The zero-order valence-electron chi connectivity index (χ0n) is 17.5. The van der Waals surface area contributed by atoms with E-state index in [1.165, 1.54) is 24.1 Å². The minimum atomic E-state index is -0.0940. The van der Waals surface area contributed by atoms with Gasteiger partial charge in [0, 0.05) is 42.9 Å². The summed E-state index contributed by atoms with van der Waals surface area (Å²) < 4.78 is 0. The summed E-state index contributed by atoms with van der Waals surface area (Å²) in [6, 6.07) is 16.2. The molecule has 2 fully saturated rings. The third kappa shape index (κ3) is 3.60. The van der Waals surface area contributed by atoms with Crippen LogP contribution >= 0.6 is 0 Å². The van der Waals surface area contributed by atoms with Gasteiger partial charge in [-0.3, -0.25) is 4.79 Å². The van der Waals surface area contributed by atoms with Crippen LogP contribution in [0.15, 0.2) is 48.5 Å². The zero-order valence-corrected chi connectivity index (χ0v) is 17.5. The van der Waals surface area contributed by atoms with E-state index >= 15 is 0 Å². The van der Waals surface area contributed by atoms with E-state index in [0.29, 0.717) is 5.56 Å². The molecule has 0 aliphatic carbocycles. The van der Waals surface area contributed by atoms with E-state index < -0.39 is 0 Å². The highest BCUT2D eigenvalue weighted by Gasteiger charge is 2.22. The lowest BCUT2D eigenvalue weighted by atomic mass is 10.1. The summed E-state index contributed by atoms with van der Waals surface area (Å²) in [4.78, 5) is 22.8. The first-order valence-corrected chi connectivity index (χ1v) is 11.0. The molecule has 0 radical (unpaired) electrons. The van der Waals surface area contributed by atoms with Gasteiger partial charge < -0.3 is 15.1 Å². The fourth-order valence-corrected chi connectivity index (χ4v) is 4.69. The Morgan fingerprint density at radius 3 is 2.33 bits per heavy atom. The Bertz CT molecular complexity index is 1080. The summed E-state index contributed by atoms with van der Waals surface area (Å²) in [5, 5.41) is 4.11. The number of rotatable bonds is 4. The summed E-state index contributed by atoms with van der Waals surface area (Å²) in [6.07, 6.45) is 4.80. The molecule has 3 heterocycles. The normalized spacial score (nSPS) is 16.4. The molecule has 0 spiro atoms. The molecule has 5 nitrogen and oxygen atoms in total. The van der Waals surface area contributed by atoms with Gasteiger partial charge in [0.2, 0.25) is 0 Å². The van der Waals surface area contributed by atoms with Crippen LogP contribution in [0.25, 0.3) is 10.9 Å². The number of hydrogen-bond donors (Lipinski definition) is 1. The number of hydrogen-bond acceptors (Lipinski definition) is 4. The van der Waals surface area contributed by atoms with E-state index in [9.17, 15) is 4.79 Å². The lowest BCUT2D eigenvalue weighted by Gasteiger charge is -2.22. The van der Waals surface area contributed by atoms with E-state index in [0.717, 1.165) is 61.4 Å². The predicted molar refractivity (Wildman–Crippen MR) is 124 cm³/mol. The SMILES string of the molecule is Cc1cc(NC(=O)c2cc3ccccc3nc2N2CCCC2)ccc1N1CCCC1. The van der Waals surface area contributed by atoms with Crippen molar-refractivity contribution in [3.63, 3.8) is 0 Å². The highest BCUT2D eigenvalue weighted by Crippen LogP contribution is 2.29. The van der Waals surface area contributed by atoms with Gasteiger partial charge in [-0.15, -0.1) is 0 Å². The Hall–Kier alpha value is -3.08. The Morgan fingerprint density at radius 1 is 0.900 bits per heavy atom. The smallest absolute Gasteiger partial charge is 0.259 e. The van der Waals surface area contributed by atoms with E-state index in [1.54, 1.807) is 0 Å². The van der Waals surface area contributed by atoms with Gasteiger partial charge in [-0.25, -0.2) is 4.98 Å². The molecule has 0 atom stereocenters. The van der Waals surface area contributed by atoms with Crippen LogP contribution in [0, 0.1) is 6.92 Å². The molecule has 1 N–H and O–H groups in total. The van der Waals surface area contributed by atoms with Crippen LogP contribution in [0.2, 0.25) is 0 Å². The van der Waals surface area contributed by atoms with Crippen molar-refractivity contribution in [1.82, 2.24) is 4.98 Å². The van der Waals surface area contributed by atoms with Gasteiger partial charge in [-0.05, 0) is 68.5 Å². The fraction of sp³-hybridized carbons (Fsp3) is 0.360. The molecule has 3 aromatic rings. The minimum absolute atomic E-state index is 0.0940. The van der Waals surface area contributed by atoms with Crippen molar-refractivity contribution in [1.29, 1.82) is 0 Å². The zero-order chi connectivity index (χ0) is 20.5. The van der Waals surface area contributed by atoms with Crippen molar-refractivity contribution in [2.75, 3.05) is 41.3 Å². The second-order valence-electron chi connectivity index (χ2n) is 8.40. The number of carbonyl (C=O) groups excluding carboxylic acids is 1. The molecule has 5 heteroatoms. The Kier molecular flexibility index (Phi) is 5.03. The summed E-state index contributed by atoms with van der Waals surface area (Å²) >= 11 is 0. The maximum atomic E-state index is 13.3. The van der Waals surface area contributed by atoms with Crippen LogP contribution < -0.4 is 15.1 Å². The van der Waals surface area contributed by atoms with Crippen molar-refractivity contribution < 1.29 is 4.79 Å². The first kappa shape index (κ1) is 18.9. The second-order valence-corrected chi connectivity index (χ2v) is 8.40. The molecule has 2 saturated heterocycles. The van der Waals surface area contributed by atoms with E-state index in [-0.39, 0.29) is 5.91 Å². The van der Waals surface area contributed by atoms with Crippen LogP contribution in [-0.2, 0) is 0 Å². The van der Waals surface area contributed by atoms with Gasteiger partial charge in [-0.1, -0.05) is 18.2 Å². The van der Waals surface area contributed by atoms with Crippen LogP contribution in [0.3, 0.4) is 0 Å². The summed E-state index contributed by atoms with van der Waals surface area (Å²) in [7, 11) is 0. The molecular formula is C25H28N4O. The quantitative estimate of drug-likeness (QED) is 0.670. The maximum Gasteiger partial charge on any atom is 0.259 e. The number of para-hydroxylation sites is 1. The molecule has 1 aromatic heterocycles. The topological polar surface area (TPSA) is 48.5 Å². The van der Waals surface area contributed by atoms with Crippen LogP contribution in [0.4, 0.5) is 17.2 Å². The molecular weight excluding hydrogens is 372 g/mol. The number of pyridine rings is 1. The molecule has 1 amide bonds. The van der Waals surface area contributed by atoms with Crippen LogP contribution in [0.1, 0.15) is 41.6 Å². The average Bonchev–Trinajstić information content (AvgIpc) is 3.47. The number of aryl methyl sites for hydroxylation is 1. The van der Waals surface area contributed by atoms with Gasteiger partial charge in [0.25, 0.3) is 5.91 Å². The van der Waals surface area contributed by atoms with Crippen molar-refractivity contribution in [3.8, 4) is 0 Å². The molecule has 0 unspecified atom stereocenters. The van der Waals surface area contributed by atoms with Gasteiger partial charge in [0.05, 0.1) is 11.1 Å². The summed E-state index contributed by atoms with van der Waals surface area (Å²) in [5.74, 6) is 0.706. The van der Waals surface area contributed by atoms with E-state index in [2.05, 4.69) is 34.2 Å². The second kappa shape index (κ2) is 7.98. The van der Waals surface area contributed by atoms with Crippen molar-refractivity contribution in [2.24, 2.45) is 0 Å². The molecule has 0 bridgehead atoms. The number of carbonyl (C=O) groups is 1. The van der Waals surface area contributed by atoms with E-state index in [1.807, 2.05) is 36.4 Å². The standard InChI is InChI=1S/C25H28N4O/c1-18-16-20(10-11-23(18)28-12-4-5-13-28)26-25(30)21-17-19-8-2-3-9-22(19)27-24(21)29-14-6-7-15-29/h2-3,8-11,16-17H,4-7,12-15H2,1H3,(H,26,30). The molecule has 30 heavy (non-hydrogen) atoms. The first-order chi connectivity index (χ1) is 14.7. The number of anilines is 3. The van der Waals surface area contributed by atoms with E-state index in [4.69, 9.17) is 4.98 Å². The van der Waals surface area contributed by atoms with Crippen LogP contribution in [-0.4, -0.2) is 37.1 Å². The largest absolute Gasteiger partial charge is 0.371 e. The molecule has 154 valence electrons. The Morgan fingerprint density at radius 2 is 1.60 bits per heavy atom. The maximum absolute atomic E-state index is 13.3. The third-order valence-electron chi connectivity index (χ3n) is 6.26. The highest BCUT2D eigenvalue weighted by atomic mass is 16.1. The number of amides is 1. The molecule has 5 rings (SSSR count). The van der Waals surface area contributed by atoms with Gasteiger partial charge in [-0.2, -0.15) is 0 Å². The predicted octanol–water partition coefficient (Wildman–Crippen LogP) is 5.00. The molecule has 2 aliphatic rings. The summed E-state index contributed by atoms with van der Waals surface area (Å²) in [6.45, 7) is 6.27. The number of fused-ring (bicyclic) bond motifs is 1. The lowest BCUT2D eigenvalue weighted by Crippen LogP contribution is -2.24. The van der Waals surface area contributed by atoms with Gasteiger partial charge >= 0.3 is 0 Å². The molecule has 2 aliphatic heterocycles. The monoisotopic (exact) mass is 400 g/mol. The number of aromatic nitrogens is 1. The Labute approximate surface area is 177 Å². The molecule has 0 saturated carbocycles. The Balaban J connectivity index is 1.45. The van der Waals surface area contributed by atoms with Crippen molar-refractivity contribution in [2.45, 2.75) is 32.6 Å². The van der Waals surface area contributed by atoms with Crippen molar-refractivity contribution in [3.05, 3.63) is 59.7 Å². The number of nitrogens with zero attached hydrogens (tertiary/aromatic N) is 3. The summed E-state index contributed by atoms with van der Waals surface area (Å²) in [5.41, 5.74) is 4.89. The average molecular weight is 401 g/mol.